The third-order valence-electron chi connectivity index (χ3n) is 3.42. The van der Waals surface area contributed by atoms with Crippen molar-refractivity contribution < 1.29 is 4.74 Å². The number of pyridine rings is 1. The van der Waals surface area contributed by atoms with Crippen LogP contribution in [0.5, 0.6) is 5.75 Å². The van der Waals surface area contributed by atoms with Crippen molar-refractivity contribution in [3.63, 3.8) is 0 Å². The number of fused-ring (bicyclic) bond motifs is 1. The van der Waals surface area contributed by atoms with Gasteiger partial charge >= 0.3 is 0 Å². The molecule has 2 rings (SSSR count). The van der Waals surface area contributed by atoms with E-state index in [2.05, 4.69) is 43.4 Å². The van der Waals surface area contributed by atoms with Gasteiger partial charge in [-0.15, -0.1) is 0 Å². The molecule has 0 bridgehead atoms. The molecule has 0 amide bonds. The summed E-state index contributed by atoms with van der Waals surface area (Å²) in [7, 11) is 6.05. The zero-order chi connectivity index (χ0) is 15.2. The second-order valence-electron chi connectivity index (χ2n) is 5.44. The maximum absolute atomic E-state index is 5.81. The summed E-state index contributed by atoms with van der Waals surface area (Å²) in [6.07, 6.45) is 2.23. The van der Waals surface area contributed by atoms with Crippen molar-refractivity contribution in [1.29, 1.82) is 0 Å². The van der Waals surface area contributed by atoms with E-state index in [0.29, 0.717) is 0 Å². The molecule has 1 aromatic heterocycles. The molecule has 0 aliphatic carbocycles. The predicted octanol–water partition coefficient (Wildman–Crippen LogP) is 3.20. The zero-order valence-corrected chi connectivity index (χ0v) is 13.4. The Bertz CT molecular complexity index is 596. The lowest BCUT2D eigenvalue weighted by Crippen LogP contribution is -2.13. The molecule has 4 nitrogen and oxygen atoms in total. The van der Waals surface area contributed by atoms with Crippen LogP contribution in [-0.2, 0) is 6.54 Å². The van der Waals surface area contributed by atoms with Crippen molar-refractivity contribution in [2.24, 2.45) is 0 Å². The lowest BCUT2D eigenvalue weighted by atomic mass is 10.1. The summed E-state index contributed by atoms with van der Waals surface area (Å²) >= 11 is 0. The average molecular weight is 287 g/mol. The largest absolute Gasteiger partial charge is 0.494 e. The number of hydrogen-bond donors (Lipinski definition) is 1. The third kappa shape index (κ3) is 3.85. The highest BCUT2D eigenvalue weighted by Gasteiger charge is 2.09. The van der Waals surface area contributed by atoms with Crippen LogP contribution in [0, 0.1) is 0 Å². The van der Waals surface area contributed by atoms with Crippen LogP contribution >= 0.6 is 0 Å². The van der Waals surface area contributed by atoms with Crippen molar-refractivity contribution in [3.8, 4) is 5.75 Å². The summed E-state index contributed by atoms with van der Waals surface area (Å²) in [4.78, 5) is 6.82. The van der Waals surface area contributed by atoms with E-state index >= 15 is 0 Å². The summed E-state index contributed by atoms with van der Waals surface area (Å²) in [5, 5.41) is 4.29. The average Bonchev–Trinajstić information content (AvgIpc) is 2.47. The Labute approximate surface area is 127 Å². The third-order valence-corrected chi connectivity index (χ3v) is 3.42. The summed E-state index contributed by atoms with van der Waals surface area (Å²) in [5.74, 6) is 0.919. The molecule has 0 fully saturated rings. The molecule has 0 saturated heterocycles. The van der Waals surface area contributed by atoms with E-state index in [1.54, 1.807) is 0 Å². The van der Waals surface area contributed by atoms with Gasteiger partial charge in [0.05, 0.1) is 17.8 Å². The second kappa shape index (κ2) is 7.27. The quantitative estimate of drug-likeness (QED) is 0.794. The van der Waals surface area contributed by atoms with Crippen LogP contribution < -0.4 is 15.0 Å². The normalized spacial score (nSPS) is 10.9. The minimum atomic E-state index is 0.768. The van der Waals surface area contributed by atoms with Gasteiger partial charge in [0, 0.05) is 31.7 Å². The van der Waals surface area contributed by atoms with Crippen molar-refractivity contribution >= 4 is 16.6 Å². The number of anilines is 1. The molecule has 0 saturated carbocycles. The van der Waals surface area contributed by atoms with Gasteiger partial charge in [-0.25, -0.2) is 0 Å². The first-order valence-electron chi connectivity index (χ1n) is 7.54. The minimum Gasteiger partial charge on any atom is -0.494 e. The van der Waals surface area contributed by atoms with Crippen LogP contribution in [0.4, 0.5) is 5.69 Å². The van der Waals surface area contributed by atoms with E-state index in [0.717, 1.165) is 48.3 Å². The lowest BCUT2D eigenvalue weighted by molar-refractivity contribution is 0.310. The Kier molecular flexibility index (Phi) is 5.39. The molecule has 21 heavy (non-hydrogen) atoms. The monoisotopic (exact) mass is 287 g/mol. The number of aromatic nitrogens is 1. The number of benzene rings is 1. The van der Waals surface area contributed by atoms with E-state index in [4.69, 9.17) is 9.72 Å². The van der Waals surface area contributed by atoms with Gasteiger partial charge in [-0.05, 0) is 37.7 Å². The Morgan fingerprint density at radius 2 is 2.05 bits per heavy atom. The van der Waals surface area contributed by atoms with Crippen molar-refractivity contribution in [3.05, 3.63) is 30.0 Å². The SMILES string of the molecule is CCCCOc1ccc2nc(CNC)cc(N(C)C)c2c1. The molecule has 4 heteroatoms. The van der Waals surface area contributed by atoms with Gasteiger partial charge in [0.1, 0.15) is 5.75 Å². The molecule has 1 N–H and O–H groups in total. The summed E-state index contributed by atoms with van der Waals surface area (Å²) in [5.41, 5.74) is 3.23. The number of ether oxygens (including phenoxy) is 1. The number of rotatable bonds is 7. The maximum atomic E-state index is 5.81. The van der Waals surface area contributed by atoms with E-state index in [1.807, 2.05) is 19.2 Å². The van der Waals surface area contributed by atoms with Crippen molar-refractivity contribution in [2.45, 2.75) is 26.3 Å². The topological polar surface area (TPSA) is 37.4 Å². The van der Waals surface area contributed by atoms with E-state index in [9.17, 15) is 0 Å². The first-order valence-corrected chi connectivity index (χ1v) is 7.54. The Morgan fingerprint density at radius 3 is 2.71 bits per heavy atom. The molecule has 0 unspecified atom stereocenters. The molecule has 0 radical (unpaired) electrons. The maximum Gasteiger partial charge on any atom is 0.120 e. The first-order chi connectivity index (χ1) is 10.2. The fourth-order valence-corrected chi connectivity index (χ4v) is 2.31. The van der Waals surface area contributed by atoms with Gasteiger partial charge in [-0.2, -0.15) is 0 Å². The van der Waals surface area contributed by atoms with Gasteiger partial charge in [0.25, 0.3) is 0 Å². The standard InChI is InChI=1S/C17H25N3O/c1-5-6-9-21-14-7-8-16-15(11-14)17(20(3)4)10-13(19-16)12-18-2/h7-8,10-11,18H,5-6,9,12H2,1-4H3. The van der Waals surface area contributed by atoms with Crippen molar-refractivity contribution in [1.82, 2.24) is 10.3 Å². The van der Waals surface area contributed by atoms with E-state index < -0.39 is 0 Å². The van der Waals surface area contributed by atoms with Gasteiger partial charge in [-0.1, -0.05) is 13.3 Å². The molecule has 1 heterocycles. The highest BCUT2D eigenvalue weighted by molar-refractivity contribution is 5.92. The predicted molar refractivity (Wildman–Crippen MR) is 89.2 cm³/mol. The molecule has 0 spiro atoms. The van der Waals surface area contributed by atoms with Gasteiger partial charge in [0.15, 0.2) is 0 Å². The summed E-state index contributed by atoms with van der Waals surface area (Å²) in [6.45, 7) is 3.71. The van der Waals surface area contributed by atoms with Crippen LogP contribution in [0.2, 0.25) is 0 Å². The van der Waals surface area contributed by atoms with Crippen LogP contribution in [-0.4, -0.2) is 32.7 Å². The number of hydrogen-bond acceptors (Lipinski definition) is 4. The van der Waals surface area contributed by atoms with Gasteiger partial charge < -0.3 is 15.0 Å². The molecular weight excluding hydrogens is 262 g/mol. The molecule has 1 aromatic carbocycles. The summed E-state index contributed by atoms with van der Waals surface area (Å²) < 4.78 is 5.81. The second-order valence-corrected chi connectivity index (χ2v) is 5.44. The van der Waals surface area contributed by atoms with Crippen LogP contribution in [0.1, 0.15) is 25.5 Å². The van der Waals surface area contributed by atoms with Gasteiger partial charge in [0.2, 0.25) is 0 Å². The molecule has 114 valence electrons. The molecule has 0 aliphatic heterocycles. The number of nitrogens with one attached hydrogen (secondary N) is 1. The number of nitrogens with zero attached hydrogens (tertiary/aromatic N) is 2. The van der Waals surface area contributed by atoms with E-state index in [1.165, 1.54) is 5.69 Å². The lowest BCUT2D eigenvalue weighted by Gasteiger charge is -2.17. The highest BCUT2D eigenvalue weighted by atomic mass is 16.5. The summed E-state index contributed by atoms with van der Waals surface area (Å²) in [6, 6.07) is 8.28. The Hall–Kier alpha value is -1.81. The minimum absolute atomic E-state index is 0.768. The Morgan fingerprint density at radius 1 is 1.24 bits per heavy atom. The Balaban J connectivity index is 2.39. The fourth-order valence-electron chi connectivity index (χ4n) is 2.31. The zero-order valence-electron chi connectivity index (χ0n) is 13.4. The molecule has 0 aliphatic rings. The van der Waals surface area contributed by atoms with Crippen LogP contribution in [0.15, 0.2) is 24.3 Å². The highest BCUT2D eigenvalue weighted by Crippen LogP contribution is 2.29. The van der Waals surface area contributed by atoms with Crippen LogP contribution in [0.25, 0.3) is 10.9 Å². The fraction of sp³-hybridized carbons (Fsp3) is 0.471. The number of unbranched alkanes of at least 4 members (excludes halogenated alkanes) is 1. The smallest absolute Gasteiger partial charge is 0.120 e. The van der Waals surface area contributed by atoms with Crippen LogP contribution in [0.3, 0.4) is 0 Å². The molecule has 0 atom stereocenters. The van der Waals surface area contributed by atoms with Gasteiger partial charge in [-0.3, -0.25) is 4.98 Å². The molecular formula is C17H25N3O. The van der Waals surface area contributed by atoms with E-state index in [-0.39, 0.29) is 0 Å². The van der Waals surface area contributed by atoms with Crippen molar-refractivity contribution in [2.75, 3.05) is 32.6 Å². The molecule has 2 aromatic rings. The first kappa shape index (κ1) is 15.6.